The highest BCUT2D eigenvalue weighted by Crippen LogP contribution is 2.15. The van der Waals surface area contributed by atoms with E-state index < -0.39 is 5.60 Å². The Kier molecular flexibility index (Phi) is 5.45. The van der Waals surface area contributed by atoms with Gasteiger partial charge in [-0.05, 0) is 32.2 Å². The van der Waals surface area contributed by atoms with E-state index in [1.165, 1.54) is 0 Å². The molecule has 0 aliphatic rings. The van der Waals surface area contributed by atoms with Crippen LogP contribution in [0.1, 0.15) is 18.4 Å². The van der Waals surface area contributed by atoms with E-state index >= 15 is 0 Å². The van der Waals surface area contributed by atoms with Gasteiger partial charge in [0.15, 0.2) is 0 Å². The van der Waals surface area contributed by atoms with Crippen molar-refractivity contribution in [3.05, 3.63) is 48.0 Å². The summed E-state index contributed by atoms with van der Waals surface area (Å²) >= 11 is 1.65. The third-order valence-corrected chi connectivity index (χ3v) is 4.20. The molecule has 1 aromatic carbocycles. The van der Waals surface area contributed by atoms with Gasteiger partial charge in [0.05, 0.1) is 17.5 Å². The Bertz CT molecular complexity index is 566. The monoisotopic (exact) mass is 305 g/mol. The molecule has 2 N–H and O–H groups in total. The van der Waals surface area contributed by atoms with Crippen LogP contribution >= 0.6 is 11.8 Å². The van der Waals surface area contributed by atoms with E-state index in [-0.39, 0.29) is 0 Å². The molecule has 5 heteroatoms. The van der Waals surface area contributed by atoms with Crippen molar-refractivity contribution in [2.24, 2.45) is 0 Å². The average Bonchev–Trinajstić information content (AvgIpc) is 2.80. The summed E-state index contributed by atoms with van der Waals surface area (Å²) in [4.78, 5) is 4.40. The minimum absolute atomic E-state index is 0.562. The van der Waals surface area contributed by atoms with Gasteiger partial charge in [0.25, 0.3) is 0 Å². The molecule has 0 spiro atoms. The molecule has 0 amide bonds. The number of hydrogen-bond acceptors (Lipinski definition) is 4. The number of imidazole rings is 1. The van der Waals surface area contributed by atoms with Crippen molar-refractivity contribution in [1.82, 2.24) is 14.9 Å². The van der Waals surface area contributed by atoms with Crippen LogP contribution in [0.2, 0.25) is 0 Å². The summed E-state index contributed by atoms with van der Waals surface area (Å²) in [6.07, 6.45) is 3.89. The molecule has 1 aromatic heterocycles. The van der Waals surface area contributed by atoms with Gasteiger partial charge in [-0.15, -0.1) is 0 Å². The van der Waals surface area contributed by atoms with Crippen LogP contribution in [-0.2, 0) is 6.54 Å². The van der Waals surface area contributed by atoms with Crippen LogP contribution in [0.3, 0.4) is 0 Å². The highest BCUT2D eigenvalue weighted by molar-refractivity contribution is 7.98. The molecule has 0 saturated heterocycles. The van der Waals surface area contributed by atoms with Gasteiger partial charge in [0.1, 0.15) is 5.82 Å². The fourth-order valence-corrected chi connectivity index (χ4v) is 3.09. The van der Waals surface area contributed by atoms with Crippen LogP contribution < -0.4 is 5.32 Å². The first-order chi connectivity index (χ1) is 10.0. The zero-order valence-electron chi connectivity index (χ0n) is 12.8. The standard InChI is InChI=1S/C16H23N3OS/c1-13-18-10-15(9-17-11-16(2,20)12-21-3)19(13)14-7-5-4-6-8-14/h4-8,10,17,20H,9,11-12H2,1-3H3. The zero-order valence-corrected chi connectivity index (χ0v) is 13.7. The Morgan fingerprint density at radius 2 is 2.05 bits per heavy atom. The molecule has 114 valence electrons. The van der Waals surface area contributed by atoms with E-state index in [0.717, 1.165) is 23.0 Å². The Balaban J connectivity index is 2.05. The first-order valence-corrected chi connectivity index (χ1v) is 8.43. The summed E-state index contributed by atoms with van der Waals surface area (Å²) in [5.41, 5.74) is 1.52. The van der Waals surface area contributed by atoms with Gasteiger partial charge < -0.3 is 10.4 Å². The molecule has 4 nitrogen and oxygen atoms in total. The molecular weight excluding hydrogens is 282 g/mol. The minimum atomic E-state index is -0.688. The van der Waals surface area contributed by atoms with Crippen LogP contribution in [0.5, 0.6) is 0 Å². The van der Waals surface area contributed by atoms with Gasteiger partial charge in [-0.25, -0.2) is 4.98 Å². The Morgan fingerprint density at radius 1 is 1.33 bits per heavy atom. The second-order valence-corrected chi connectivity index (χ2v) is 6.37. The lowest BCUT2D eigenvalue weighted by Crippen LogP contribution is -2.39. The Hall–Kier alpha value is -1.30. The quantitative estimate of drug-likeness (QED) is 0.824. The first kappa shape index (κ1) is 16.1. The van der Waals surface area contributed by atoms with E-state index in [0.29, 0.717) is 13.1 Å². The van der Waals surface area contributed by atoms with Crippen molar-refractivity contribution in [2.75, 3.05) is 18.6 Å². The summed E-state index contributed by atoms with van der Waals surface area (Å²) in [5.74, 6) is 1.69. The normalized spacial score (nSPS) is 14.1. The second kappa shape index (κ2) is 7.11. The van der Waals surface area contributed by atoms with Gasteiger partial charge in [0, 0.05) is 24.5 Å². The van der Waals surface area contributed by atoms with Crippen LogP contribution in [0.4, 0.5) is 0 Å². The maximum absolute atomic E-state index is 10.2. The number of hydrogen-bond donors (Lipinski definition) is 2. The molecule has 2 rings (SSSR count). The van der Waals surface area contributed by atoms with Gasteiger partial charge >= 0.3 is 0 Å². The lowest BCUT2D eigenvalue weighted by Gasteiger charge is -2.22. The molecule has 1 heterocycles. The second-order valence-electron chi connectivity index (χ2n) is 5.50. The number of aryl methyl sites for hydroxylation is 1. The number of nitrogens with zero attached hydrogens (tertiary/aromatic N) is 2. The molecule has 0 fully saturated rings. The topological polar surface area (TPSA) is 50.1 Å². The van der Waals surface area contributed by atoms with Gasteiger partial charge in [-0.1, -0.05) is 18.2 Å². The molecule has 0 saturated carbocycles. The van der Waals surface area contributed by atoms with Crippen molar-refractivity contribution in [2.45, 2.75) is 26.0 Å². The highest BCUT2D eigenvalue weighted by Gasteiger charge is 2.19. The van der Waals surface area contributed by atoms with Gasteiger partial charge in [0.2, 0.25) is 0 Å². The molecular formula is C16H23N3OS. The fourth-order valence-electron chi connectivity index (χ4n) is 2.37. The Morgan fingerprint density at radius 3 is 2.71 bits per heavy atom. The lowest BCUT2D eigenvalue weighted by molar-refractivity contribution is 0.0844. The smallest absolute Gasteiger partial charge is 0.110 e. The summed E-state index contributed by atoms with van der Waals surface area (Å²) in [6, 6.07) is 10.2. The van der Waals surface area contributed by atoms with Gasteiger partial charge in [-0.3, -0.25) is 4.57 Å². The number of rotatable bonds is 7. The number of nitrogens with one attached hydrogen (secondary N) is 1. The summed E-state index contributed by atoms with van der Waals surface area (Å²) < 4.78 is 2.14. The maximum Gasteiger partial charge on any atom is 0.110 e. The van der Waals surface area contributed by atoms with Crippen molar-refractivity contribution in [1.29, 1.82) is 0 Å². The molecule has 0 aliphatic heterocycles. The molecule has 2 aromatic rings. The average molecular weight is 305 g/mol. The van der Waals surface area contributed by atoms with E-state index in [9.17, 15) is 5.11 Å². The van der Waals surface area contributed by atoms with Crippen molar-refractivity contribution < 1.29 is 5.11 Å². The van der Waals surface area contributed by atoms with E-state index in [1.54, 1.807) is 11.8 Å². The zero-order chi connectivity index (χ0) is 15.3. The third kappa shape index (κ3) is 4.33. The van der Waals surface area contributed by atoms with Crippen LogP contribution in [0.25, 0.3) is 5.69 Å². The van der Waals surface area contributed by atoms with Gasteiger partial charge in [-0.2, -0.15) is 11.8 Å². The lowest BCUT2D eigenvalue weighted by atomic mass is 10.1. The number of benzene rings is 1. The van der Waals surface area contributed by atoms with Crippen molar-refractivity contribution >= 4 is 11.8 Å². The van der Waals surface area contributed by atoms with E-state index in [2.05, 4.69) is 27.0 Å². The molecule has 0 bridgehead atoms. The van der Waals surface area contributed by atoms with Crippen LogP contribution in [0, 0.1) is 6.92 Å². The number of para-hydroxylation sites is 1. The fraction of sp³-hybridized carbons (Fsp3) is 0.438. The molecule has 1 unspecified atom stereocenters. The molecule has 0 radical (unpaired) electrons. The SMILES string of the molecule is CSCC(C)(O)CNCc1cnc(C)n1-c1ccccc1. The Labute approximate surface area is 130 Å². The largest absolute Gasteiger partial charge is 0.388 e. The molecule has 0 aliphatic carbocycles. The highest BCUT2D eigenvalue weighted by atomic mass is 32.2. The number of aliphatic hydroxyl groups is 1. The predicted octanol–water partition coefficient (Wildman–Crippen LogP) is 2.38. The summed E-state index contributed by atoms with van der Waals surface area (Å²) in [5, 5.41) is 13.5. The van der Waals surface area contributed by atoms with Crippen molar-refractivity contribution in [3.8, 4) is 5.69 Å². The van der Waals surface area contributed by atoms with Crippen LogP contribution in [-0.4, -0.2) is 38.8 Å². The number of thioether (sulfide) groups is 1. The third-order valence-electron chi connectivity index (χ3n) is 3.29. The maximum atomic E-state index is 10.2. The van der Waals surface area contributed by atoms with Crippen LogP contribution in [0.15, 0.2) is 36.5 Å². The predicted molar refractivity (Wildman–Crippen MR) is 89.0 cm³/mol. The first-order valence-electron chi connectivity index (χ1n) is 7.04. The summed E-state index contributed by atoms with van der Waals surface area (Å²) in [6.45, 7) is 5.10. The molecule has 21 heavy (non-hydrogen) atoms. The van der Waals surface area contributed by atoms with E-state index in [4.69, 9.17) is 0 Å². The minimum Gasteiger partial charge on any atom is -0.388 e. The summed E-state index contributed by atoms with van der Waals surface area (Å²) in [7, 11) is 0. The van der Waals surface area contributed by atoms with E-state index in [1.807, 2.05) is 44.5 Å². The van der Waals surface area contributed by atoms with Crippen molar-refractivity contribution in [3.63, 3.8) is 0 Å². The molecule has 1 atom stereocenters. The number of aromatic nitrogens is 2.